The molecular weight excluding hydrogens is 272 g/mol. The molecule has 0 atom stereocenters. The van der Waals surface area contributed by atoms with Gasteiger partial charge in [0.2, 0.25) is 0 Å². The molecule has 0 amide bonds. The molecule has 1 saturated carbocycles. The van der Waals surface area contributed by atoms with Gasteiger partial charge in [0.15, 0.2) is 5.82 Å². The second kappa shape index (κ2) is 5.44. The molecule has 0 aliphatic heterocycles. The minimum absolute atomic E-state index is 0.478. The van der Waals surface area contributed by atoms with E-state index < -0.39 is 0 Å². The zero-order valence-corrected chi connectivity index (χ0v) is 12.4. The van der Waals surface area contributed by atoms with Gasteiger partial charge in [-0.3, -0.25) is 0 Å². The molecule has 3 rings (SSSR count). The number of aromatic nitrogens is 3. The Morgan fingerprint density at radius 1 is 1.20 bits per heavy atom. The first-order chi connectivity index (χ1) is 9.66. The van der Waals surface area contributed by atoms with Crippen LogP contribution in [0.5, 0.6) is 0 Å². The fraction of sp³-hybridized carbons (Fsp3) is 0.467. The standard InChI is InChI=1S/C15H19ClN4/c1-10-18-19-15(13-9-11(17)7-8-14(13)16)20(10)12-5-3-2-4-6-12/h7-9,12H,2-6,17H2,1H3. The van der Waals surface area contributed by atoms with Crippen molar-refractivity contribution >= 4 is 17.3 Å². The lowest BCUT2D eigenvalue weighted by atomic mass is 9.95. The number of hydrogen-bond donors (Lipinski definition) is 1. The second-order valence-corrected chi connectivity index (χ2v) is 5.88. The van der Waals surface area contributed by atoms with E-state index in [0.717, 1.165) is 17.2 Å². The molecule has 1 fully saturated rings. The van der Waals surface area contributed by atoms with Crippen molar-refractivity contribution in [3.8, 4) is 11.4 Å². The highest BCUT2D eigenvalue weighted by Crippen LogP contribution is 2.35. The third-order valence-corrected chi connectivity index (χ3v) is 4.37. The van der Waals surface area contributed by atoms with E-state index in [1.807, 2.05) is 19.1 Å². The number of anilines is 1. The third kappa shape index (κ3) is 2.40. The molecule has 0 unspecified atom stereocenters. The van der Waals surface area contributed by atoms with Gasteiger partial charge in [0, 0.05) is 17.3 Å². The van der Waals surface area contributed by atoms with Crippen molar-refractivity contribution in [1.29, 1.82) is 0 Å². The first-order valence-electron chi connectivity index (χ1n) is 7.13. The quantitative estimate of drug-likeness (QED) is 0.851. The lowest BCUT2D eigenvalue weighted by Gasteiger charge is -2.25. The van der Waals surface area contributed by atoms with E-state index in [4.69, 9.17) is 17.3 Å². The summed E-state index contributed by atoms with van der Waals surface area (Å²) in [5.74, 6) is 1.79. The van der Waals surface area contributed by atoms with Crippen molar-refractivity contribution in [2.75, 3.05) is 5.73 Å². The molecule has 1 aliphatic rings. The molecule has 0 saturated heterocycles. The summed E-state index contributed by atoms with van der Waals surface area (Å²) in [7, 11) is 0. The van der Waals surface area contributed by atoms with Gasteiger partial charge in [0.1, 0.15) is 5.82 Å². The van der Waals surface area contributed by atoms with Crippen LogP contribution < -0.4 is 5.73 Å². The van der Waals surface area contributed by atoms with Crippen LogP contribution in [0.4, 0.5) is 5.69 Å². The summed E-state index contributed by atoms with van der Waals surface area (Å²) in [4.78, 5) is 0. The lowest BCUT2D eigenvalue weighted by molar-refractivity contribution is 0.350. The van der Waals surface area contributed by atoms with Crippen LogP contribution in [0.2, 0.25) is 5.02 Å². The Morgan fingerprint density at radius 2 is 1.95 bits per heavy atom. The van der Waals surface area contributed by atoms with Crippen molar-refractivity contribution in [1.82, 2.24) is 14.8 Å². The average molecular weight is 291 g/mol. The summed E-state index contributed by atoms with van der Waals surface area (Å²) < 4.78 is 2.24. The molecule has 1 aromatic carbocycles. The van der Waals surface area contributed by atoms with Gasteiger partial charge in [-0.25, -0.2) is 0 Å². The maximum absolute atomic E-state index is 6.31. The maximum atomic E-state index is 6.31. The number of halogens is 1. The number of aryl methyl sites for hydroxylation is 1. The van der Waals surface area contributed by atoms with Crippen LogP contribution in [0, 0.1) is 6.92 Å². The molecule has 2 aromatic rings. The Labute approximate surface area is 124 Å². The SMILES string of the molecule is Cc1nnc(-c2cc(N)ccc2Cl)n1C1CCCCC1. The number of nitrogens with two attached hydrogens (primary N) is 1. The van der Waals surface area contributed by atoms with Crippen molar-refractivity contribution in [2.45, 2.75) is 45.1 Å². The Hall–Kier alpha value is -1.55. The molecule has 0 spiro atoms. The van der Waals surface area contributed by atoms with Crippen molar-refractivity contribution in [3.63, 3.8) is 0 Å². The lowest BCUT2D eigenvalue weighted by Crippen LogP contribution is -2.15. The summed E-state index contributed by atoms with van der Waals surface area (Å²) in [6.45, 7) is 2.01. The van der Waals surface area contributed by atoms with Gasteiger partial charge in [0.05, 0.1) is 5.02 Å². The molecule has 1 heterocycles. The van der Waals surface area contributed by atoms with E-state index in [-0.39, 0.29) is 0 Å². The molecular formula is C15H19ClN4. The van der Waals surface area contributed by atoms with E-state index in [1.54, 1.807) is 6.07 Å². The predicted octanol–water partition coefficient (Wildman–Crippen LogP) is 3.99. The van der Waals surface area contributed by atoms with Gasteiger partial charge >= 0.3 is 0 Å². The molecule has 0 bridgehead atoms. The van der Waals surface area contributed by atoms with Crippen molar-refractivity contribution in [2.24, 2.45) is 0 Å². The molecule has 1 aliphatic carbocycles. The Bertz CT molecular complexity index is 614. The van der Waals surface area contributed by atoms with E-state index in [0.29, 0.717) is 16.8 Å². The summed E-state index contributed by atoms with van der Waals surface area (Å²) in [6.07, 6.45) is 6.24. The summed E-state index contributed by atoms with van der Waals surface area (Å²) in [6, 6.07) is 5.98. The van der Waals surface area contributed by atoms with E-state index in [1.165, 1.54) is 32.1 Å². The number of rotatable bonds is 2. The Kier molecular flexibility index (Phi) is 3.66. The van der Waals surface area contributed by atoms with Crippen LogP contribution >= 0.6 is 11.6 Å². The van der Waals surface area contributed by atoms with Crippen LogP contribution in [0.1, 0.15) is 44.0 Å². The molecule has 5 heteroatoms. The number of nitrogen functional groups attached to an aromatic ring is 1. The highest BCUT2D eigenvalue weighted by atomic mass is 35.5. The van der Waals surface area contributed by atoms with Gasteiger partial charge < -0.3 is 10.3 Å². The normalized spacial score (nSPS) is 16.5. The minimum atomic E-state index is 0.478. The third-order valence-electron chi connectivity index (χ3n) is 4.04. The smallest absolute Gasteiger partial charge is 0.165 e. The van der Waals surface area contributed by atoms with Gasteiger partial charge in [-0.15, -0.1) is 10.2 Å². The van der Waals surface area contributed by atoms with Gasteiger partial charge in [0.25, 0.3) is 0 Å². The zero-order chi connectivity index (χ0) is 14.1. The number of hydrogen-bond acceptors (Lipinski definition) is 3. The minimum Gasteiger partial charge on any atom is -0.399 e. The van der Waals surface area contributed by atoms with E-state index in [9.17, 15) is 0 Å². The maximum Gasteiger partial charge on any atom is 0.165 e. The predicted molar refractivity (Wildman–Crippen MR) is 81.7 cm³/mol. The van der Waals surface area contributed by atoms with Crippen molar-refractivity contribution < 1.29 is 0 Å². The van der Waals surface area contributed by atoms with E-state index in [2.05, 4.69) is 14.8 Å². The van der Waals surface area contributed by atoms with Crippen LogP contribution in [0.3, 0.4) is 0 Å². The van der Waals surface area contributed by atoms with Crippen LogP contribution in [0.15, 0.2) is 18.2 Å². The molecule has 1 aromatic heterocycles. The number of nitrogens with zero attached hydrogens (tertiary/aromatic N) is 3. The molecule has 20 heavy (non-hydrogen) atoms. The first kappa shape index (κ1) is 13.4. The summed E-state index contributed by atoms with van der Waals surface area (Å²) >= 11 is 6.31. The molecule has 106 valence electrons. The monoisotopic (exact) mass is 290 g/mol. The second-order valence-electron chi connectivity index (χ2n) is 5.47. The first-order valence-corrected chi connectivity index (χ1v) is 7.51. The number of benzene rings is 1. The van der Waals surface area contributed by atoms with Crippen molar-refractivity contribution in [3.05, 3.63) is 29.0 Å². The van der Waals surface area contributed by atoms with Gasteiger partial charge in [-0.2, -0.15) is 0 Å². The topological polar surface area (TPSA) is 56.7 Å². The molecule has 4 nitrogen and oxygen atoms in total. The fourth-order valence-electron chi connectivity index (χ4n) is 3.04. The highest BCUT2D eigenvalue weighted by Gasteiger charge is 2.22. The Balaban J connectivity index is 2.08. The summed E-state index contributed by atoms with van der Waals surface area (Å²) in [5, 5.41) is 9.26. The summed E-state index contributed by atoms with van der Waals surface area (Å²) in [5.41, 5.74) is 7.45. The van der Waals surface area contributed by atoms with Crippen LogP contribution in [-0.4, -0.2) is 14.8 Å². The Morgan fingerprint density at radius 3 is 2.70 bits per heavy atom. The van der Waals surface area contributed by atoms with Gasteiger partial charge in [-0.1, -0.05) is 30.9 Å². The van der Waals surface area contributed by atoms with Crippen LogP contribution in [0.25, 0.3) is 11.4 Å². The fourth-order valence-corrected chi connectivity index (χ4v) is 3.25. The zero-order valence-electron chi connectivity index (χ0n) is 11.6. The molecule has 0 radical (unpaired) electrons. The van der Waals surface area contributed by atoms with E-state index >= 15 is 0 Å². The highest BCUT2D eigenvalue weighted by molar-refractivity contribution is 6.33. The largest absolute Gasteiger partial charge is 0.399 e. The van der Waals surface area contributed by atoms with Gasteiger partial charge in [-0.05, 0) is 38.0 Å². The average Bonchev–Trinajstić information content (AvgIpc) is 2.84. The van der Waals surface area contributed by atoms with Crippen LogP contribution in [-0.2, 0) is 0 Å². The molecule has 2 N–H and O–H groups in total.